The fraction of sp³-hybridized carbons (Fsp3) is 1.00. The quantitative estimate of drug-likeness (QED) is 0.589. The lowest BCUT2D eigenvalue weighted by Crippen LogP contribution is -2.25. The summed E-state index contributed by atoms with van der Waals surface area (Å²) in [7, 11) is -1.94. The Morgan fingerprint density at radius 2 is 2.11 bits per heavy atom. The van der Waals surface area contributed by atoms with Crippen molar-refractivity contribution in [1.29, 1.82) is 0 Å². The zero-order chi connectivity index (χ0) is 7.28. The normalized spacial score (nSPS) is 11.3. The van der Waals surface area contributed by atoms with E-state index in [1.54, 1.807) is 0 Å². The second-order valence-electron chi connectivity index (χ2n) is 1.87. The van der Waals surface area contributed by atoms with Crippen LogP contribution in [0.5, 0.6) is 0 Å². The first kappa shape index (κ1) is 9.10. The average molecular weight is 149 g/mol. The second-order valence-corrected chi connectivity index (χ2v) is 2.92. The fourth-order valence-electron chi connectivity index (χ4n) is 0.359. The Bertz CT molecular complexity index is 67.2. The van der Waals surface area contributed by atoms with Crippen LogP contribution in [0.25, 0.3) is 0 Å². The molecule has 0 aliphatic carbocycles. The first-order chi connectivity index (χ1) is 4.16. The molecule has 0 unspecified atom stereocenters. The van der Waals surface area contributed by atoms with Gasteiger partial charge in [-0.1, -0.05) is 0 Å². The molecule has 0 heterocycles. The summed E-state index contributed by atoms with van der Waals surface area (Å²) in [5.41, 5.74) is 0. The first-order valence-corrected chi connectivity index (χ1v) is 4.28. The maximum absolute atomic E-state index is 8.88. The molecule has 0 aromatic carbocycles. The molecular weight excluding hydrogens is 136 g/mol. The lowest BCUT2D eigenvalue weighted by atomic mass is 10.5. The minimum absolute atomic E-state index is 0.0513. The van der Waals surface area contributed by atoms with Crippen molar-refractivity contribution in [2.45, 2.75) is 26.9 Å². The highest BCUT2D eigenvalue weighted by Gasteiger charge is 2.13. The maximum atomic E-state index is 8.88. The fourth-order valence-corrected chi connectivity index (χ4v) is 1.08. The third-order valence-electron chi connectivity index (χ3n) is 0.604. The second kappa shape index (κ2) is 4.93. The molecule has 4 heteroatoms. The molecule has 0 saturated carbocycles. The van der Waals surface area contributed by atoms with E-state index in [0.29, 0.717) is 6.61 Å². The predicted octanol–water partition coefficient (Wildman–Crippen LogP) is 0.425. The van der Waals surface area contributed by atoms with Crippen LogP contribution in [0.2, 0.25) is 0 Å². The van der Waals surface area contributed by atoms with Gasteiger partial charge in [-0.2, -0.15) is 0 Å². The van der Waals surface area contributed by atoms with Crippen molar-refractivity contribution in [3.8, 4) is 0 Å². The third kappa shape index (κ3) is 5.98. The van der Waals surface area contributed by atoms with Gasteiger partial charge in [0.2, 0.25) is 0 Å². The molecule has 1 radical (unpaired) electrons. The van der Waals surface area contributed by atoms with Gasteiger partial charge in [-0.3, -0.25) is 0 Å². The Balaban J connectivity index is 3.15. The SMILES string of the molecule is CCO[Si](O)OC(C)C. The molecule has 0 bridgehead atoms. The van der Waals surface area contributed by atoms with E-state index in [9.17, 15) is 0 Å². The van der Waals surface area contributed by atoms with Gasteiger partial charge in [0, 0.05) is 12.7 Å². The number of hydrogen-bond acceptors (Lipinski definition) is 3. The van der Waals surface area contributed by atoms with Crippen molar-refractivity contribution in [1.82, 2.24) is 0 Å². The third-order valence-corrected chi connectivity index (χ3v) is 1.81. The van der Waals surface area contributed by atoms with Crippen LogP contribution in [-0.2, 0) is 8.85 Å². The molecule has 0 saturated heterocycles. The molecule has 0 atom stereocenters. The van der Waals surface area contributed by atoms with Gasteiger partial charge in [0.25, 0.3) is 0 Å². The van der Waals surface area contributed by atoms with Crippen LogP contribution in [0.4, 0.5) is 0 Å². The first-order valence-electron chi connectivity index (χ1n) is 3.02. The molecular formula is C5H13O3Si. The zero-order valence-corrected chi connectivity index (χ0v) is 7.05. The Morgan fingerprint density at radius 3 is 2.44 bits per heavy atom. The Hall–Kier alpha value is 0.0969. The summed E-state index contributed by atoms with van der Waals surface area (Å²) in [6.45, 7) is 6.06. The standard InChI is InChI=1S/C5H13O3Si/c1-4-7-9(6)8-5(2)3/h5-6H,4H2,1-3H3. The zero-order valence-electron chi connectivity index (χ0n) is 6.05. The molecule has 0 fully saturated rings. The summed E-state index contributed by atoms with van der Waals surface area (Å²) in [6.07, 6.45) is 0.0513. The minimum Gasteiger partial charge on any atom is -0.387 e. The van der Waals surface area contributed by atoms with Gasteiger partial charge >= 0.3 is 9.53 Å². The van der Waals surface area contributed by atoms with Crippen LogP contribution in [0.15, 0.2) is 0 Å². The van der Waals surface area contributed by atoms with Crippen molar-refractivity contribution in [2.75, 3.05) is 6.61 Å². The van der Waals surface area contributed by atoms with Crippen LogP contribution in [0, 0.1) is 0 Å². The average Bonchev–Trinajstić information content (AvgIpc) is 1.63. The van der Waals surface area contributed by atoms with E-state index in [2.05, 4.69) is 0 Å². The highest BCUT2D eigenvalue weighted by molar-refractivity contribution is 6.34. The highest BCUT2D eigenvalue weighted by atomic mass is 28.3. The van der Waals surface area contributed by atoms with Gasteiger partial charge in [-0.15, -0.1) is 0 Å². The van der Waals surface area contributed by atoms with Gasteiger partial charge < -0.3 is 13.6 Å². The van der Waals surface area contributed by atoms with E-state index in [0.717, 1.165) is 0 Å². The van der Waals surface area contributed by atoms with Gasteiger partial charge in [-0.05, 0) is 20.8 Å². The van der Waals surface area contributed by atoms with E-state index >= 15 is 0 Å². The van der Waals surface area contributed by atoms with Gasteiger partial charge in [0.1, 0.15) is 0 Å². The molecule has 0 aromatic rings. The Kier molecular flexibility index (Phi) is 4.98. The summed E-state index contributed by atoms with van der Waals surface area (Å²) in [6, 6.07) is 0. The smallest absolute Gasteiger partial charge is 0.387 e. The van der Waals surface area contributed by atoms with Crippen LogP contribution < -0.4 is 0 Å². The highest BCUT2D eigenvalue weighted by Crippen LogP contribution is 1.91. The van der Waals surface area contributed by atoms with Crippen molar-refractivity contribution < 1.29 is 13.6 Å². The van der Waals surface area contributed by atoms with Crippen molar-refractivity contribution in [3.05, 3.63) is 0 Å². The van der Waals surface area contributed by atoms with Crippen LogP contribution in [0.1, 0.15) is 20.8 Å². The summed E-state index contributed by atoms with van der Waals surface area (Å²) < 4.78 is 9.71. The number of rotatable bonds is 4. The lowest BCUT2D eigenvalue weighted by Gasteiger charge is -2.09. The van der Waals surface area contributed by atoms with Crippen molar-refractivity contribution >= 4 is 9.53 Å². The molecule has 0 aliphatic heterocycles. The summed E-state index contributed by atoms with van der Waals surface area (Å²) in [4.78, 5) is 8.88. The van der Waals surface area contributed by atoms with Crippen molar-refractivity contribution in [3.63, 3.8) is 0 Å². The van der Waals surface area contributed by atoms with Gasteiger partial charge in [0.15, 0.2) is 0 Å². The molecule has 9 heavy (non-hydrogen) atoms. The van der Waals surface area contributed by atoms with E-state index in [-0.39, 0.29) is 6.10 Å². The molecule has 55 valence electrons. The molecule has 0 rings (SSSR count). The molecule has 0 spiro atoms. The number of hydrogen-bond donors (Lipinski definition) is 1. The summed E-state index contributed by atoms with van der Waals surface area (Å²) in [5, 5.41) is 0. The molecule has 1 N–H and O–H groups in total. The topological polar surface area (TPSA) is 38.7 Å². The lowest BCUT2D eigenvalue weighted by molar-refractivity contribution is 0.107. The minimum atomic E-state index is -1.94. The molecule has 3 nitrogen and oxygen atoms in total. The van der Waals surface area contributed by atoms with E-state index in [4.69, 9.17) is 13.6 Å². The Morgan fingerprint density at radius 1 is 1.56 bits per heavy atom. The summed E-state index contributed by atoms with van der Waals surface area (Å²) >= 11 is 0. The monoisotopic (exact) mass is 149 g/mol. The summed E-state index contributed by atoms with van der Waals surface area (Å²) in [5.74, 6) is 0. The largest absolute Gasteiger partial charge is 0.575 e. The molecule has 0 aromatic heterocycles. The van der Waals surface area contributed by atoms with Crippen LogP contribution >= 0.6 is 0 Å². The van der Waals surface area contributed by atoms with Gasteiger partial charge in [-0.25, -0.2) is 0 Å². The van der Waals surface area contributed by atoms with Gasteiger partial charge in [0.05, 0.1) is 0 Å². The van der Waals surface area contributed by atoms with Crippen LogP contribution in [0.3, 0.4) is 0 Å². The van der Waals surface area contributed by atoms with Crippen molar-refractivity contribution in [2.24, 2.45) is 0 Å². The van der Waals surface area contributed by atoms with Crippen LogP contribution in [-0.4, -0.2) is 27.0 Å². The predicted molar refractivity (Wildman–Crippen MR) is 35.8 cm³/mol. The maximum Gasteiger partial charge on any atom is 0.575 e. The van der Waals surface area contributed by atoms with E-state index in [1.165, 1.54) is 0 Å². The molecule has 0 aliphatic rings. The Labute approximate surface area is 57.6 Å². The van der Waals surface area contributed by atoms with E-state index < -0.39 is 9.53 Å². The molecule has 0 amide bonds. The van der Waals surface area contributed by atoms with E-state index in [1.807, 2.05) is 20.8 Å².